The van der Waals surface area contributed by atoms with Crippen molar-refractivity contribution in [3.63, 3.8) is 0 Å². The second kappa shape index (κ2) is 8.48. The molecule has 5 nitrogen and oxygen atoms in total. The maximum absolute atomic E-state index is 13.2. The van der Waals surface area contributed by atoms with Crippen LogP contribution in [0.1, 0.15) is 31.1 Å². The topological polar surface area (TPSA) is 62.9 Å². The van der Waals surface area contributed by atoms with E-state index in [1.165, 1.54) is 0 Å². The Morgan fingerprint density at radius 1 is 1.14 bits per heavy atom. The summed E-state index contributed by atoms with van der Waals surface area (Å²) < 4.78 is 11.3. The molecule has 28 heavy (non-hydrogen) atoms. The van der Waals surface area contributed by atoms with Gasteiger partial charge in [-0.3, -0.25) is 4.79 Å². The van der Waals surface area contributed by atoms with Gasteiger partial charge in [-0.25, -0.2) is 0 Å². The molecule has 0 saturated carbocycles. The summed E-state index contributed by atoms with van der Waals surface area (Å²) in [6.07, 6.45) is 2.18. The van der Waals surface area contributed by atoms with Crippen LogP contribution >= 0.6 is 0 Å². The molecule has 0 bridgehead atoms. The monoisotopic (exact) mass is 381 g/mol. The fraction of sp³-hybridized carbons (Fsp3) is 0.348. The van der Waals surface area contributed by atoms with Crippen LogP contribution < -0.4 is 10.2 Å². The zero-order valence-corrected chi connectivity index (χ0v) is 16.9. The van der Waals surface area contributed by atoms with E-state index in [2.05, 4.69) is 11.8 Å². The number of phenolic OH excluding ortho intramolecular Hbond substituents is 1. The van der Waals surface area contributed by atoms with E-state index in [9.17, 15) is 9.90 Å². The highest BCUT2D eigenvalue weighted by atomic mass is 16.5. The number of methoxy groups -OCH3 is 1. The van der Waals surface area contributed by atoms with Crippen molar-refractivity contribution in [3.05, 3.63) is 57.9 Å². The lowest BCUT2D eigenvalue weighted by atomic mass is 10.0. The molecule has 0 atom stereocenters. The van der Waals surface area contributed by atoms with Gasteiger partial charge in [0.2, 0.25) is 5.43 Å². The molecule has 0 amide bonds. The average Bonchev–Trinajstić information content (AvgIpc) is 2.69. The third-order valence-electron chi connectivity index (χ3n) is 5.01. The van der Waals surface area contributed by atoms with E-state index in [-0.39, 0.29) is 11.2 Å². The first-order valence-electron chi connectivity index (χ1n) is 9.57. The number of phenols is 1. The van der Waals surface area contributed by atoms with Gasteiger partial charge in [-0.2, -0.15) is 0 Å². The maximum Gasteiger partial charge on any atom is 0.200 e. The number of aromatic hydroxyl groups is 1. The van der Waals surface area contributed by atoms with E-state index in [0.29, 0.717) is 34.4 Å². The van der Waals surface area contributed by atoms with Gasteiger partial charge in [-0.15, -0.1) is 0 Å². The summed E-state index contributed by atoms with van der Waals surface area (Å²) in [4.78, 5) is 15.4. The fourth-order valence-electron chi connectivity index (χ4n) is 3.43. The molecule has 5 heteroatoms. The van der Waals surface area contributed by atoms with E-state index in [1.54, 1.807) is 26.2 Å². The first kappa shape index (κ1) is 20.0. The van der Waals surface area contributed by atoms with E-state index in [1.807, 2.05) is 31.3 Å². The largest absolute Gasteiger partial charge is 0.507 e. The standard InChI is InChI=1S/C23H27NO4/c1-5-6-13-24(3)14-19-20(25)12-11-18-22(26)21(15(2)28-23(18)19)16-7-9-17(27-4)10-8-16/h7-12,25H,5-6,13-14H2,1-4H3. The molecule has 1 heterocycles. The van der Waals surface area contributed by atoms with Crippen LogP contribution in [0.4, 0.5) is 0 Å². The lowest BCUT2D eigenvalue weighted by Gasteiger charge is -2.18. The summed E-state index contributed by atoms with van der Waals surface area (Å²) in [5, 5.41) is 10.9. The Kier molecular flexibility index (Phi) is 6.05. The second-order valence-electron chi connectivity index (χ2n) is 7.12. The Labute approximate surface area is 165 Å². The summed E-state index contributed by atoms with van der Waals surface area (Å²) in [5.74, 6) is 1.41. The SMILES string of the molecule is CCCCN(C)Cc1c(O)ccc2c(=O)c(-c3ccc(OC)cc3)c(C)oc12. The van der Waals surface area contributed by atoms with Crippen LogP contribution in [0.15, 0.2) is 45.6 Å². The molecule has 3 rings (SSSR count). The quantitative estimate of drug-likeness (QED) is 0.642. The third kappa shape index (κ3) is 3.90. The predicted molar refractivity (Wildman–Crippen MR) is 112 cm³/mol. The van der Waals surface area contributed by atoms with E-state index >= 15 is 0 Å². The molecule has 148 valence electrons. The Morgan fingerprint density at radius 3 is 2.50 bits per heavy atom. The number of ether oxygens (including phenoxy) is 1. The molecule has 1 aromatic heterocycles. The predicted octanol–water partition coefficient (Wildman–Crippen LogP) is 4.71. The van der Waals surface area contributed by atoms with Crippen molar-refractivity contribution in [1.82, 2.24) is 4.90 Å². The molecule has 0 spiro atoms. The minimum absolute atomic E-state index is 0.0959. The van der Waals surface area contributed by atoms with Crippen molar-refractivity contribution in [2.45, 2.75) is 33.2 Å². The van der Waals surface area contributed by atoms with Gasteiger partial charge in [0.05, 0.1) is 23.6 Å². The molecule has 0 aliphatic rings. The number of rotatable bonds is 7. The van der Waals surface area contributed by atoms with Crippen molar-refractivity contribution < 1.29 is 14.3 Å². The Hall–Kier alpha value is -2.79. The molecule has 0 aliphatic carbocycles. The highest BCUT2D eigenvalue weighted by Gasteiger charge is 2.18. The average molecular weight is 381 g/mol. The third-order valence-corrected chi connectivity index (χ3v) is 5.01. The van der Waals surface area contributed by atoms with E-state index < -0.39 is 0 Å². The fourth-order valence-corrected chi connectivity index (χ4v) is 3.43. The molecular formula is C23H27NO4. The van der Waals surface area contributed by atoms with Crippen molar-refractivity contribution >= 4 is 11.0 Å². The zero-order valence-electron chi connectivity index (χ0n) is 16.9. The van der Waals surface area contributed by atoms with Gasteiger partial charge >= 0.3 is 0 Å². The summed E-state index contributed by atoms with van der Waals surface area (Å²) in [7, 11) is 3.61. The Morgan fingerprint density at radius 2 is 1.86 bits per heavy atom. The number of hydrogen-bond donors (Lipinski definition) is 1. The van der Waals surface area contributed by atoms with E-state index in [0.717, 1.165) is 30.7 Å². The number of hydrogen-bond acceptors (Lipinski definition) is 5. The summed E-state index contributed by atoms with van der Waals surface area (Å²) in [6, 6.07) is 10.6. The van der Waals surface area contributed by atoms with Crippen molar-refractivity contribution in [2.24, 2.45) is 0 Å². The van der Waals surface area contributed by atoms with Crippen LogP contribution in [-0.2, 0) is 6.54 Å². The molecule has 0 saturated heterocycles. The normalized spacial score (nSPS) is 11.3. The number of fused-ring (bicyclic) bond motifs is 1. The van der Waals surface area contributed by atoms with Crippen molar-refractivity contribution in [3.8, 4) is 22.6 Å². The van der Waals surface area contributed by atoms with Crippen LogP contribution in [-0.4, -0.2) is 30.7 Å². The van der Waals surface area contributed by atoms with Crippen LogP contribution in [0.5, 0.6) is 11.5 Å². The number of benzene rings is 2. The summed E-state index contributed by atoms with van der Waals surface area (Å²) >= 11 is 0. The minimum atomic E-state index is -0.0959. The van der Waals surface area contributed by atoms with Crippen LogP contribution in [0.2, 0.25) is 0 Å². The highest BCUT2D eigenvalue weighted by Crippen LogP contribution is 2.31. The molecular weight excluding hydrogens is 354 g/mol. The number of unbranched alkanes of at least 4 members (excludes halogenated alkanes) is 1. The molecule has 0 unspecified atom stereocenters. The number of aryl methyl sites for hydroxylation is 1. The number of nitrogens with zero attached hydrogens (tertiary/aromatic N) is 1. The smallest absolute Gasteiger partial charge is 0.200 e. The first-order chi connectivity index (χ1) is 13.5. The molecule has 1 N–H and O–H groups in total. The van der Waals surface area contributed by atoms with Crippen LogP contribution in [0.25, 0.3) is 22.1 Å². The van der Waals surface area contributed by atoms with Crippen molar-refractivity contribution in [2.75, 3.05) is 20.7 Å². The van der Waals surface area contributed by atoms with Crippen molar-refractivity contribution in [1.29, 1.82) is 0 Å². The van der Waals surface area contributed by atoms with Crippen LogP contribution in [0, 0.1) is 6.92 Å². The molecule has 2 aromatic carbocycles. The summed E-state index contributed by atoms with van der Waals surface area (Å²) in [6.45, 7) is 5.37. The minimum Gasteiger partial charge on any atom is -0.507 e. The highest BCUT2D eigenvalue weighted by molar-refractivity contribution is 5.86. The van der Waals surface area contributed by atoms with Gasteiger partial charge < -0.3 is 19.2 Å². The molecule has 3 aromatic rings. The summed E-state index contributed by atoms with van der Waals surface area (Å²) in [5.41, 5.74) is 2.33. The molecule has 0 radical (unpaired) electrons. The van der Waals surface area contributed by atoms with E-state index in [4.69, 9.17) is 9.15 Å². The van der Waals surface area contributed by atoms with Gasteiger partial charge in [-0.1, -0.05) is 25.5 Å². The lowest BCUT2D eigenvalue weighted by molar-refractivity contribution is 0.314. The lowest BCUT2D eigenvalue weighted by Crippen LogP contribution is -2.19. The van der Waals surface area contributed by atoms with Gasteiger partial charge in [0.15, 0.2) is 0 Å². The molecule has 0 fully saturated rings. The molecule has 0 aliphatic heterocycles. The van der Waals surface area contributed by atoms with Gasteiger partial charge in [-0.05, 0) is 56.8 Å². The van der Waals surface area contributed by atoms with Gasteiger partial charge in [0, 0.05) is 6.54 Å². The Balaban J connectivity index is 2.11. The second-order valence-corrected chi connectivity index (χ2v) is 7.12. The zero-order chi connectivity index (χ0) is 20.3. The Bertz CT molecular complexity index is 1020. The maximum atomic E-state index is 13.2. The van der Waals surface area contributed by atoms with Gasteiger partial charge in [0.25, 0.3) is 0 Å². The first-order valence-corrected chi connectivity index (χ1v) is 9.57. The van der Waals surface area contributed by atoms with Crippen LogP contribution in [0.3, 0.4) is 0 Å². The van der Waals surface area contributed by atoms with Gasteiger partial charge in [0.1, 0.15) is 22.8 Å².